The number of carbonyl (C=O) groups is 2. The van der Waals surface area contributed by atoms with Crippen LogP contribution in [0.15, 0.2) is 29.0 Å². The monoisotopic (exact) mass is 410 g/mol. The molecule has 0 amide bonds. The second kappa shape index (κ2) is 6.88. The number of fused-ring (bicyclic) bond motifs is 2. The Balaban J connectivity index is 2.02. The molecule has 0 saturated heterocycles. The van der Waals surface area contributed by atoms with E-state index in [1.807, 2.05) is 42.8 Å². The SMILES string of the molecule is Cc1cc2c(OC(=O)OC(C)(C)C)c3c(c(-c4ccsc4)c2cc1C)C(=O)OC3. The number of aryl methyl sites for hydroxylation is 2. The number of cyclic esters (lactones) is 1. The van der Waals surface area contributed by atoms with Crippen molar-refractivity contribution in [2.75, 3.05) is 0 Å². The molecule has 5 nitrogen and oxygen atoms in total. The Morgan fingerprint density at radius 2 is 1.79 bits per heavy atom. The van der Waals surface area contributed by atoms with Crippen LogP contribution in [0, 0.1) is 13.8 Å². The highest BCUT2D eigenvalue weighted by Crippen LogP contribution is 2.46. The van der Waals surface area contributed by atoms with E-state index in [0.29, 0.717) is 16.9 Å². The van der Waals surface area contributed by atoms with Gasteiger partial charge in [0.15, 0.2) is 0 Å². The zero-order chi connectivity index (χ0) is 20.9. The number of thiophene rings is 1. The lowest BCUT2D eigenvalue weighted by Gasteiger charge is -2.21. The van der Waals surface area contributed by atoms with E-state index in [4.69, 9.17) is 14.2 Å². The first kappa shape index (κ1) is 19.5. The molecule has 1 aromatic heterocycles. The average Bonchev–Trinajstić information content (AvgIpc) is 3.26. The minimum Gasteiger partial charge on any atom is -0.457 e. The van der Waals surface area contributed by atoms with Crippen molar-refractivity contribution in [1.29, 1.82) is 0 Å². The van der Waals surface area contributed by atoms with Crippen LogP contribution in [0.3, 0.4) is 0 Å². The van der Waals surface area contributed by atoms with Gasteiger partial charge >= 0.3 is 12.1 Å². The van der Waals surface area contributed by atoms with Crippen molar-refractivity contribution >= 4 is 34.2 Å². The van der Waals surface area contributed by atoms with Gasteiger partial charge < -0.3 is 14.2 Å². The molecule has 0 atom stereocenters. The van der Waals surface area contributed by atoms with Crippen LogP contribution >= 0.6 is 11.3 Å². The third kappa shape index (κ3) is 3.49. The highest BCUT2D eigenvalue weighted by atomic mass is 32.1. The second-order valence-electron chi connectivity index (χ2n) is 8.19. The lowest BCUT2D eigenvalue weighted by molar-refractivity contribution is 0.0206. The van der Waals surface area contributed by atoms with Gasteiger partial charge in [0.2, 0.25) is 0 Å². The van der Waals surface area contributed by atoms with E-state index in [1.54, 1.807) is 32.1 Å². The van der Waals surface area contributed by atoms with Crippen LogP contribution < -0.4 is 4.74 Å². The first-order valence-corrected chi connectivity index (χ1v) is 10.3. The molecule has 0 aliphatic carbocycles. The van der Waals surface area contributed by atoms with E-state index in [-0.39, 0.29) is 6.61 Å². The third-order valence-electron chi connectivity index (χ3n) is 4.91. The normalized spacial score (nSPS) is 13.3. The summed E-state index contributed by atoms with van der Waals surface area (Å²) in [5.41, 5.74) is 4.26. The molecule has 0 N–H and O–H groups in total. The van der Waals surface area contributed by atoms with Crippen molar-refractivity contribution < 1.29 is 23.8 Å². The largest absolute Gasteiger partial charge is 0.514 e. The predicted octanol–water partition coefficient (Wildman–Crippen LogP) is 6.17. The fourth-order valence-corrected chi connectivity index (χ4v) is 4.17. The Bertz CT molecular complexity index is 1140. The molecule has 3 aromatic rings. The Kier molecular flexibility index (Phi) is 4.62. The quantitative estimate of drug-likeness (QED) is 0.373. The standard InChI is InChI=1S/C23H22O5S/c1-12-8-15-16(9-13(12)2)20(27-22(25)28-23(3,4)5)17-10-26-21(24)19(17)18(15)14-6-7-29-11-14/h6-9,11H,10H2,1-5H3. The predicted molar refractivity (Wildman–Crippen MR) is 113 cm³/mol. The lowest BCUT2D eigenvalue weighted by atomic mass is 9.89. The summed E-state index contributed by atoms with van der Waals surface area (Å²) in [4.78, 5) is 25.1. The first-order chi connectivity index (χ1) is 13.7. The fourth-order valence-electron chi connectivity index (χ4n) is 3.52. The molecule has 2 heterocycles. The van der Waals surface area contributed by atoms with Crippen LogP contribution in [-0.4, -0.2) is 17.7 Å². The van der Waals surface area contributed by atoms with Gasteiger partial charge in [-0.25, -0.2) is 9.59 Å². The molecule has 29 heavy (non-hydrogen) atoms. The van der Waals surface area contributed by atoms with Crippen LogP contribution in [0.4, 0.5) is 4.79 Å². The molecule has 0 unspecified atom stereocenters. The topological polar surface area (TPSA) is 61.8 Å². The maximum absolute atomic E-state index is 12.7. The number of benzene rings is 2. The lowest BCUT2D eigenvalue weighted by Crippen LogP contribution is -2.26. The number of esters is 1. The van der Waals surface area contributed by atoms with Gasteiger partial charge in [-0.2, -0.15) is 11.3 Å². The molecule has 0 saturated carbocycles. The Morgan fingerprint density at radius 1 is 1.10 bits per heavy atom. The van der Waals surface area contributed by atoms with Gasteiger partial charge in [0.1, 0.15) is 18.0 Å². The number of carbonyl (C=O) groups excluding carboxylic acids is 2. The van der Waals surface area contributed by atoms with Gasteiger partial charge in [0.25, 0.3) is 0 Å². The van der Waals surface area contributed by atoms with Crippen molar-refractivity contribution in [2.24, 2.45) is 0 Å². The summed E-state index contributed by atoms with van der Waals surface area (Å²) in [5.74, 6) is -0.0763. The molecule has 4 rings (SSSR count). The van der Waals surface area contributed by atoms with Gasteiger partial charge in [-0.05, 0) is 79.6 Å². The molecule has 0 radical (unpaired) electrons. The van der Waals surface area contributed by atoms with Gasteiger partial charge in [-0.15, -0.1) is 0 Å². The van der Waals surface area contributed by atoms with Crippen molar-refractivity contribution in [3.8, 4) is 16.9 Å². The Labute approximate surface area is 173 Å². The van der Waals surface area contributed by atoms with Crippen LogP contribution in [0.2, 0.25) is 0 Å². The first-order valence-electron chi connectivity index (χ1n) is 9.36. The molecular weight excluding hydrogens is 388 g/mol. The van der Waals surface area contributed by atoms with Gasteiger partial charge in [0, 0.05) is 16.5 Å². The summed E-state index contributed by atoms with van der Waals surface area (Å²) in [5, 5.41) is 5.59. The highest BCUT2D eigenvalue weighted by molar-refractivity contribution is 7.08. The maximum Gasteiger partial charge on any atom is 0.514 e. The van der Waals surface area contributed by atoms with E-state index < -0.39 is 17.7 Å². The minimum atomic E-state index is -0.804. The van der Waals surface area contributed by atoms with E-state index >= 15 is 0 Å². The second-order valence-corrected chi connectivity index (χ2v) is 8.97. The summed E-state index contributed by atoms with van der Waals surface area (Å²) >= 11 is 1.56. The molecule has 0 bridgehead atoms. The van der Waals surface area contributed by atoms with Gasteiger partial charge in [-0.1, -0.05) is 6.07 Å². The molecule has 1 aliphatic heterocycles. The van der Waals surface area contributed by atoms with Crippen LogP contribution in [0.25, 0.3) is 21.9 Å². The Hall–Kier alpha value is -2.86. The molecule has 1 aliphatic rings. The zero-order valence-corrected chi connectivity index (χ0v) is 17.9. The molecule has 150 valence electrons. The van der Waals surface area contributed by atoms with Gasteiger partial charge in [-0.3, -0.25) is 0 Å². The zero-order valence-electron chi connectivity index (χ0n) is 17.0. The van der Waals surface area contributed by atoms with Crippen molar-refractivity contribution in [2.45, 2.75) is 46.8 Å². The van der Waals surface area contributed by atoms with Crippen LogP contribution in [-0.2, 0) is 16.1 Å². The van der Waals surface area contributed by atoms with Crippen LogP contribution in [0.5, 0.6) is 5.75 Å². The summed E-state index contributed by atoms with van der Waals surface area (Å²) < 4.78 is 16.4. The average molecular weight is 410 g/mol. The molecular formula is C23H22O5S. The Morgan fingerprint density at radius 3 is 2.41 bits per heavy atom. The van der Waals surface area contributed by atoms with Crippen LogP contribution in [0.1, 0.15) is 47.8 Å². The number of rotatable bonds is 2. The summed E-state index contributed by atoms with van der Waals surface area (Å²) in [6.07, 6.45) is -0.804. The van der Waals surface area contributed by atoms with Crippen molar-refractivity contribution in [3.05, 3.63) is 51.2 Å². The third-order valence-corrected chi connectivity index (χ3v) is 5.59. The molecule has 0 fully saturated rings. The van der Waals surface area contributed by atoms with Crippen molar-refractivity contribution in [3.63, 3.8) is 0 Å². The minimum absolute atomic E-state index is 0.0618. The van der Waals surface area contributed by atoms with Gasteiger partial charge in [0.05, 0.1) is 5.56 Å². The number of ether oxygens (including phenoxy) is 3. The fraction of sp³-hybridized carbons (Fsp3) is 0.304. The molecule has 0 spiro atoms. The smallest absolute Gasteiger partial charge is 0.457 e. The number of hydrogen-bond acceptors (Lipinski definition) is 6. The maximum atomic E-state index is 12.7. The summed E-state index contributed by atoms with van der Waals surface area (Å²) in [6, 6.07) is 6.00. The summed E-state index contributed by atoms with van der Waals surface area (Å²) in [6.45, 7) is 9.41. The molecule has 2 aromatic carbocycles. The molecule has 6 heteroatoms. The van der Waals surface area contributed by atoms with Crippen molar-refractivity contribution in [1.82, 2.24) is 0 Å². The van der Waals surface area contributed by atoms with E-state index in [9.17, 15) is 9.59 Å². The van der Waals surface area contributed by atoms with E-state index in [1.165, 1.54) is 0 Å². The van der Waals surface area contributed by atoms with E-state index in [2.05, 4.69) is 0 Å². The summed E-state index contributed by atoms with van der Waals surface area (Å²) in [7, 11) is 0. The number of hydrogen-bond donors (Lipinski definition) is 0. The highest BCUT2D eigenvalue weighted by Gasteiger charge is 2.34. The van der Waals surface area contributed by atoms with E-state index in [0.717, 1.165) is 33.0 Å².